The Morgan fingerprint density at radius 1 is 1.26 bits per heavy atom. The third-order valence-corrected chi connectivity index (χ3v) is 2.17. The predicted molar refractivity (Wildman–Crippen MR) is 75.9 cm³/mol. The van der Waals surface area contributed by atoms with E-state index in [9.17, 15) is 4.79 Å². The number of amides is 1. The number of hydrazine groups is 1. The summed E-state index contributed by atoms with van der Waals surface area (Å²) in [6.07, 6.45) is 0. The fraction of sp³-hybridized carbons (Fsp3) is 0.333. The number of nitrogens with one attached hydrogen (secondary N) is 3. The summed E-state index contributed by atoms with van der Waals surface area (Å²) in [4.78, 5) is 15.1. The maximum absolute atomic E-state index is 10.9. The number of hydrogen-bond donors (Lipinski definition) is 4. The van der Waals surface area contributed by atoms with Crippen LogP contribution in [0.25, 0.3) is 0 Å². The molecule has 0 aliphatic carbocycles. The Labute approximate surface area is 112 Å². The van der Waals surface area contributed by atoms with Crippen LogP contribution in [-0.4, -0.2) is 32.1 Å². The number of aliphatic imine (C=N–C) groups is 1. The average Bonchev–Trinajstić information content (AvgIpc) is 2.39. The van der Waals surface area contributed by atoms with Crippen molar-refractivity contribution in [2.24, 2.45) is 10.8 Å². The first kappa shape index (κ1) is 14.9. The highest BCUT2D eigenvalue weighted by atomic mass is 16.5. The molecule has 1 aromatic rings. The van der Waals surface area contributed by atoms with Crippen molar-refractivity contribution in [1.82, 2.24) is 5.43 Å². The molecule has 0 aromatic heterocycles. The van der Waals surface area contributed by atoms with Gasteiger partial charge in [-0.1, -0.05) is 0 Å². The largest absolute Gasteiger partial charge is 0.383 e. The van der Waals surface area contributed by atoms with Crippen LogP contribution in [-0.2, 0) is 9.53 Å². The van der Waals surface area contributed by atoms with E-state index in [0.29, 0.717) is 19.1 Å². The fourth-order valence-corrected chi connectivity index (χ4v) is 1.35. The minimum Gasteiger partial charge on any atom is -0.383 e. The van der Waals surface area contributed by atoms with Gasteiger partial charge in [-0.2, -0.15) is 0 Å². The molecule has 7 nitrogen and oxygen atoms in total. The van der Waals surface area contributed by atoms with Crippen LogP contribution < -0.4 is 21.9 Å². The molecule has 0 saturated carbocycles. The van der Waals surface area contributed by atoms with Crippen LogP contribution in [0.3, 0.4) is 0 Å². The summed E-state index contributed by atoms with van der Waals surface area (Å²) in [6.45, 7) is 2.49. The van der Waals surface area contributed by atoms with E-state index in [1.807, 2.05) is 12.1 Å². The Morgan fingerprint density at radius 3 is 2.32 bits per heavy atom. The molecule has 104 valence electrons. The van der Waals surface area contributed by atoms with Crippen molar-refractivity contribution in [3.63, 3.8) is 0 Å². The zero-order valence-corrected chi connectivity index (χ0v) is 11.1. The van der Waals surface area contributed by atoms with E-state index < -0.39 is 0 Å². The summed E-state index contributed by atoms with van der Waals surface area (Å²) in [7, 11) is 1.61. The van der Waals surface area contributed by atoms with Gasteiger partial charge in [0.15, 0.2) is 0 Å². The van der Waals surface area contributed by atoms with Crippen LogP contribution in [0.15, 0.2) is 29.3 Å². The predicted octanol–water partition coefficient (Wildman–Crippen LogP) is 0.523. The average molecular weight is 265 g/mol. The standard InChI is InChI=1S/C12H19N5O2/c1-9(18)15-10-3-5-11(6-4-10)16-12(17-13)14-7-8-19-2/h3-6H,7-8,13H2,1-2H3,(H,15,18)(H2,14,16,17). The molecule has 1 rings (SSSR count). The molecule has 0 unspecified atom stereocenters. The number of methoxy groups -OCH3 is 1. The maximum Gasteiger partial charge on any atom is 0.221 e. The molecular formula is C12H19N5O2. The van der Waals surface area contributed by atoms with Crippen molar-refractivity contribution < 1.29 is 9.53 Å². The van der Waals surface area contributed by atoms with E-state index in [1.165, 1.54) is 6.92 Å². The second-order valence-electron chi connectivity index (χ2n) is 3.75. The van der Waals surface area contributed by atoms with E-state index in [1.54, 1.807) is 19.2 Å². The van der Waals surface area contributed by atoms with E-state index in [-0.39, 0.29) is 5.91 Å². The Balaban J connectivity index is 2.60. The van der Waals surface area contributed by atoms with E-state index >= 15 is 0 Å². The van der Waals surface area contributed by atoms with Gasteiger partial charge in [-0.15, -0.1) is 0 Å². The summed E-state index contributed by atoms with van der Waals surface area (Å²) >= 11 is 0. The zero-order chi connectivity index (χ0) is 14.1. The number of hydrogen-bond acceptors (Lipinski definition) is 4. The molecule has 0 bridgehead atoms. The van der Waals surface area contributed by atoms with Gasteiger partial charge in [0.1, 0.15) is 0 Å². The lowest BCUT2D eigenvalue weighted by atomic mass is 10.3. The summed E-state index contributed by atoms with van der Waals surface area (Å²) in [5, 5.41) is 5.70. The van der Waals surface area contributed by atoms with Crippen LogP contribution in [0, 0.1) is 0 Å². The van der Waals surface area contributed by atoms with Gasteiger partial charge in [-0.3, -0.25) is 10.2 Å². The highest BCUT2D eigenvalue weighted by molar-refractivity contribution is 5.94. The first-order valence-electron chi connectivity index (χ1n) is 5.80. The molecule has 0 radical (unpaired) electrons. The lowest BCUT2D eigenvalue weighted by Gasteiger charge is -2.10. The third kappa shape index (κ3) is 5.84. The van der Waals surface area contributed by atoms with Crippen LogP contribution in [0.1, 0.15) is 6.92 Å². The van der Waals surface area contributed by atoms with Crippen molar-refractivity contribution in [1.29, 1.82) is 0 Å². The summed E-state index contributed by atoms with van der Waals surface area (Å²) in [6, 6.07) is 7.20. The number of nitrogens with two attached hydrogens (primary N) is 1. The van der Waals surface area contributed by atoms with Crippen LogP contribution in [0.2, 0.25) is 0 Å². The molecule has 1 amide bonds. The first-order valence-corrected chi connectivity index (χ1v) is 5.80. The van der Waals surface area contributed by atoms with Crippen LogP contribution in [0.4, 0.5) is 11.4 Å². The number of ether oxygens (including phenoxy) is 1. The number of guanidine groups is 1. The van der Waals surface area contributed by atoms with Crippen molar-refractivity contribution in [3.8, 4) is 0 Å². The van der Waals surface area contributed by atoms with E-state index in [4.69, 9.17) is 10.6 Å². The van der Waals surface area contributed by atoms with Gasteiger partial charge in [0.2, 0.25) is 11.9 Å². The molecule has 5 N–H and O–H groups in total. The van der Waals surface area contributed by atoms with E-state index in [2.05, 4.69) is 21.1 Å². The molecule has 0 atom stereocenters. The smallest absolute Gasteiger partial charge is 0.221 e. The molecule has 1 aromatic carbocycles. The number of anilines is 2. The van der Waals surface area contributed by atoms with Gasteiger partial charge >= 0.3 is 0 Å². The molecule has 0 fully saturated rings. The van der Waals surface area contributed by atoms with Crippen molar-refractivity contribution in [2.45, 2.75) is 6.92 Å². The SMILES string of the molecule is COCCN=C(NN)Nc1ccc(NC(C)=O)cc1. The Kier molecular flexibility index (Phi) is 6.34. The minimum atomic E-state index is -0.105. The zero-order valence-electron chi connectivity index (χ0n) is 11.1. The minimum absolute atomic E-state index is 0.105. The molecule has 0 aliphatic rings. The van der Waals surface area contributed by atoms with Crippen LogP contribution in [0.5, 0.6) is 0 Å². The summed E-state index contributed by atoms with van der Waals surface area (Å²) in [5.74, 6) is 5.70. The highest BCUT2D eigenvalue weighted by Crippen LogP contribution is 2.13. The Bertz CT molecular complexity index is 430. The van der Waals surface area contributed by atoms with Gasteiger partial charge in [0.25, 0.3) is 0 Å². The van der Waals surface area contributed by atoms with Gasteiger partial charge in [-0.25, -0.2) is 10.8 Å². The molecule has 0 saturated heterocycles. The quantitative estimate of drug-likeness (QED) is 0.204. The number of benzene rings is 1. The number of carbonyl (C=O) groups is 1. The number of nitrogens with zero attached hydrogens (tertiary/aromatic N) is 1. The lowest BCUT2D eigenvalue weighted by Crippen LogP contribution is -2.36. The fourth-order valence-electron chi connectivity index (χ4n) is 1.35. The monoisotopic (exact) mass is 265 g/mol. The second-order valence-corrected chi connectivity index (χ2v) is 3.75. The van der Waals surface area contributed by atoms with Gasteiger partial charge in [0.05, 0.1) is 13.2 Å². The normalized spacial score (nSPS) is 11.0. The molecule has 0 spiro atoms. The summed E-state index contributed by atoms with van der Waals surface area (Å²) in [5.41, 5.74) is 4.01. The van der Waals surface area contributed by atoms with Crippen LogP contribution >= 0.6 is 0 Å². The lowest BCUT2D eigenvalue weighted by molar-refractivity contribution is -0.114. The van der Waals surface area contributed by atoms with Crippen molar-refractivity contribution in [2.75, 3.05) is 30.9 Å². The van der Waals surface area contributed by atoms with Gasteiger partial charge in [-0.05, 0) is 24.3 Å². The van der Waals surface area contributed by atoms with Gasteiger partial charge in [0, 0.05) is 25.4 Å². The van der Waals surface area contributed by atoms with Gasteiger partial charge < -0.3 is 15.4 Å². The van der Waals surface area contributed by atoms with Crippen molar-refractivity contribution >= 4 is 23.2 Å². The maximum atomic E-state index is 10.9. The van der Waals surface area contributed by atoms with Crippen molar-refractivity contribution in [3.05, 3.63) is 24.3 Å². The second kappa shape index (κ2) is 8.06. The number of carbonyl (C=O) groups excluding carboxylic acids is 1. The topological polar surface area (TPSA) is 101 Å². The Hall–Kier alpha value is -2.12. The van der Waals surface area contributed by atoms with E-state index in [0.717, 1.165) is 11.4 Å². The molecule has 0 heterocycles. The first-order chi connectivity index (χ1) is 9.15. The Morgan fingerprint density at radius 2 is 1.84 bits per heavy atom. The highest BCUT2D eigenvalue weighted by Gasteiger charge is 1.99. The summed E-state index contributed by atoms with van der Waals surface area (Å²) < 4.78 is 4.90. The number of rotatable bonds is 5. The third-order valence-electron chi connectivity index (χ3n) is 2.17. The molecule has 0 aliphatic heterocycles. The molecular weight excluding hydrogens is 246 g/mol. The molecule has 19 heavy (non-hydrogen) atoms. The molecule has 7 heteroatoms.